The second-order valence-electron chi connectivity index (χ2n) is 6.02. The Morgan fingerprint density at radius 3 is 2.32 bits per heavy atom. The Bertz CT molecular complexity index is 465. The van der Waals surface area contributed by atoms with Crippen LogP contribution in [0.5, 0.6) is 5.75 Å². The molecule has 0 bridgehead atoms. The molecule has 1 heterocycles. The fraction of sp³-hybridized carbons (Fsp3) is 0.588. The Morgan fingerprint density at radius 2 is 1.77 bits per heavy atom. The number of amides is 1. The summed E-state index contributed by atoms with van der Waals surface area (Å²) in [5.74, 6) is 0.901. The monoisotopic (exact) mass is 305 g/mol. The number of hydrogen-bond acceptors (Lipinski definition) is 4. The number of benzene rings is 1. The van der Waals surface area contributed by atoms with Crippen LogP contribution < -0.4 is 4.74 Å². The Labute approximate surface area is 133 Å². The van der Waals surface area contributed by atoms with Gasteiger partial charge in [-0.05, 0) is 57.9 Å². The molecule has 0 spiro atoms. The number of ether oxygens (including phenoxy) is 1. The third-order valence-electron chi connectivity index (χ3n) is 4.08. The van der Waals surface area contributed by atoms with Crippen LogP contribution in [-0.4, -0.2) is 81.1 Å². The fourth-order valence-corrected chi connectivity index (χ4v) is 2.70. The molecular weight excluding hydrogens is 278 g/mol. The molecule has 1 fully saturated rings. The summed E-state index contributed by atoms with van der Waals surface area (Å²) in [6, 6.07) is 7.35. The molecule has 5 heteroatoms. The molecule has 1 saturated heterocycles. The maximum absolute atomic E-state index is 12.5. The van der Waals surface area contributed by atoms with Crippen molar-refractivity contribution >= 4 is 5.91 Å². The third kappa shape index (κ3) is 4.71. The van der Waals surface area contributed by atoms with Gasteiger partial charge in [-0.25, -0.2) is 0 Å². The number of hydrogen-bond donors (Lipinski definition) is 0. The van der Waals surface area contributed by atoms with Gasteiger partial charge in [0, 0.05) is 31.7 Å². The zero-order valence-electron chi connectivity index (χ0n) is 13.9. The first-order valence-electron chi connectivity index (χ1n) is 7.90. The number of rotatable bonds is 6. The summed E-state index contributed by atoms with van der Waals surface area (Å²) < 4.78 is 5.13. The van der Waals surface area contributed by atoms with Gasteiger partial charge in [0.2, 0.25) is 0 Å². The minimum atomic E-state index is 0.121. The molecule has 0 aromatic heterocycles. The highest BCUT2D eigenvalue weighted by atomic mass is 16.5. The van der Waals surface area contributed by atoms with Crippen molar-refractivity contribution in [2.24, 2.45) is 0 Å². The molecule has 0 radical (unpaired) electrons. The molecule has 1 aliphatic heterocycles. The average molecular weight is 305 g/mol. The smallest absolute Gasteiger partial charge is 0.253 e. The van der Waals surface area contributed by atoms with Crippen molar-refractivity contribution in [1.82, 2.24) is 14.7 Å². The van der Waals surface area contributed by atoms with Crippen molar-refractivity contribution in [2.75, 3.05) is 60.5 Å². The zero-order valence-corrected chi connectivity index (χ0v) is 13.9. The summed E-state index contributed by atoms with van der Waals surface area (Å²) in [4.78, 5) is 19.1. The first-order valence-corrected chi connectivity index (χ1v) is 7.90. The van der Waals surface area contributed by atoms with Gasteiger partial charge in [-0.2, -0.15) is 0 Å². The fourth-order valence-electron chi connectivity index (χ4n) is 2.70. The summed E-state index contributed by atoms with van der Waals surface area (Å²) in [5.41, 5.74) is 0.738. The number of nitrogens with zero attached hydrogens (tertiary/aromatic N) is 3. The van der Waals surface area contributed by atoms with Gasteiger partial charge in [0.05, 0.1) is 7.11 Å². The van der Waals surface area contributed by atoms with Crippen LogP contribution in [0.2, 0.25) is 0 Å². The molecule has 1 aliphatic rings. The number of piperazine rings is 1. The highest BCUT2D eigenvalue weighted by Crippen LogP contribution is 2.14. The van der Waals surface area contributed by atoms with Crippen molar-refractivity contribution < 1.29 is 9.53 Å². The molecule has 1 amide bonds. The molecule has 0 N–H and O–H groups in total. The van der Waals surface area contributed by atoms with Crippen LogP contribution in [-0.2, 0) is 0 Å². The van der Waals surface area contributed by atoms with Crippen LogP contribution in [0.4, 0.5) is 0 Å². The first-order chi connectivity index (χ1) is 10.6. The van der Waals surface area contributed by atoms with E-state index in [0.29, 0.717) is 0 Å². The van der Waals surface area contributed by atoms with Gasteiger partial charge in [-0.3, -0.25) is 9.69 Å². The average Bonchev–Trinajstić information content (AvgIpc) is 2.54. The van der Waals surface area contributed by atoms with E-state index >= 15 is 0 Å². The van der Waals surface area contributed by atoms with E-state index in [4.69, 9.17) is 4.74 Å². The van der Waals surface area contributed by atoms with Crippen LogP contribution in [0, 0.1) is 0 Å². The summed E-state index contributed by atoms with van der Waals surface area (Å²) in [6.07, 6.45) is 1.18. The Hall–Kier alpha value is -1.59. The molecule has 122 valence electrons. The lowest BCUT2D eigenvalue weighted by atomic mass is 10.1. The molecule has 1 aromatic carbocycles. The minimum Gasteiger partial charge on any atom is -0.497 e. The van der Waals surface area contributed by atoms with Crippen molar-refractivity contribution in [3.8, 4) is 5.75 Å². The quantitative estimate of drug-likeness (QED) is 0.796. The topological polar surface area (TPSA) is 36.0 Å². The summed E-state index contributed by atoms with van der Waals surface area (Å²) in [7, 11) is 5.84. The maximum Gasteiger partial charge on any atom is 0.253 e. The van der Waals surface area contributed by atoms with Crippen LogP contribution in [0.1, 0.15) is 16.8 Å². The molecule has 0 aliphatic carbocycles. The van der Waals surface area contributed by atoms with E-state index in [1.807, 2.05) is 29.2 Å². The first kappa shape index (κ1) is 16.8. The van der Waals surface area contributed by atoms with E-state index in [2.05, 4.69) is 23.9 Å². The van der Waals surface area contributed by atoms with E-state index < -0.39 is 0 Å². The highest BCUT2D eigenvalue weighted by molar-refractivity contribution is 5.94. The van der Waals surface area contributed by atoms with Gasteiger partial charge in [0.25, 0.3) is 5.91 Å². The third-order valence-corrected chi connectivity index (χ3v) is 4.08. The normalized spacial score (nSPS) is 16.1. The predicted molar refractivity (Wildman–Crippen MR) is 88.5 cm³/mol. The van der Waals surface area contributed by atoms with E-state index in [0.717, 1.165) is 50.6 Å². The van der Waals surface area contributed by atoms with Crippen molar-refractivity contribution in [3.63, 3.8) is 0 Å². The highest BCUT2D eigenvalue weighted by Gasteiger charge is 2.21. The van der Waals surface area contributed by atoms with Gasteiger partial charge in [-0.1, -0.05) is 0 Å². The minimum absolute atomic E-state index is 0.121. The van der Waals surface area contributed by atoms with Gasteiger partial charge < -0.3 is 14.5 Å². The lowest BCUT2D eigenvalue weighted by Gasteiger charge is -2.35. The van der Waals surface area contributed by atoms with Crippen LogP contribution in [0.25, 0.3) is 0 Å². The summed E-state index contributed by atoms with van der Waals surface area (Å²) >= 11 is 0. The molecule has 22 heavy (non-hydrogen) atoms. The summed E-state index contributed by atoms with van der Waals surface area (Å²) in [5, 5.41) is 0. The number of carbonyl (C=O) groups excluding carboxylic acids is 1. The second kappa shape index (κ2) is 8.15. The molecule has 0 saturated carbocycles. The van der Waals surface area contributed by atoms with Crippen LogP contribution >= 0.6 is 0 Å². The lowest BCUT2D eigenvalue weighted by Crippen LogP contribution is -2.49. The maximum atomic E-state index is 12.5. The van der Waals surface area contributed by atoms with Gasteiger partial charge >= 0.3 is 0 Å². The second-order valence-corrected chi connectivity index (χ2v) is 6.02. The molecule has 0 atom stereocenters. The van der Waals surface area contributed by atoms with Crippen molar-refractivity contribution in [1.29, 1.82) is 0 Å². The zero-order chi connectivity index (χ0) is 15.9. The molecule has 5 nitrogen and oxygen atoms in total. The standard InChI is InChI=1S/C17H27N3O2/c1-18(2)9-4-10-19-11-13-20(14-12-19)17(21)15-5-7-16(22-3)8-6-15/h5-8H,4,9-14H2,1-3H3. The number of methoxy groups -OCH3 is 1. The number of carbonyl (C=O) groups is 1. The predicted octanol–water partition coefficient (Wildman–Crippen LogP) is 1.40. The molecule has 2 rings (SSSR count). The van der Waals surface area contributed by atoms with Crippen molar-refractivity contribution in [2.45, 2.75) is 6.42 Å². The SMILES string of the molecule is COc1ccc(C(=O)N2CCN(CCCN(C)C)CC2)cc1. The van der Waals surface area contributed by atoms with Gasteiger partial charge in [-0.15, -0.1) is 0 Å². The Balaban J connectivity index is 1.79. The van der Waals surface area contributed by atoms with Gasteiger partial charge in [0.1, 0.15) is 5.75 Å². The van der Waals surface area contributed by atoms with Crippen LogP contribution in [0.15, 0.2) is 24.3 Å². The van der Waals surface area contributed by atoms with E-state index in [1.165, 1.54) is 6.42 Å². The Kier molecular flexibility index (Phi) is 6.21. The van der Waals surface area contributed by atoms with Gasteiger partial charge in [0.15, 0.2) is 0 Å². The lowest BCUT2D eigenvalue weighted by molar-refractivity contribution is 0.0634. The molecular formula is C17H27N3O2. The summed E-state index contributed by atoms with van der Waals surface area (Å²) in [6.45, 7) is 5.79. The van der Waals surface area contributed by atoms with E-state index in [1.54, 1.807) is 7.11 Å². The van der Waals surface area contributed by atoms with Crippen LogP contribution in [0.3, 0.4) is 0 Å². The Morgan fingerprint density at radius 1 is 1.14 bits per heavy atom. The molecule has 1 aromatic rings. The van der Waals surface area contributed by atoms with Crippen molar-refractivity contribution in [3.05, 3.63) is 29.8 Å². The van der Waals surface area contributed by atoms with E-state index in [-0.39, 0.29) is 5.91 Å². The molecule has 0 unspecified atom stereocenters. The largest absolute Gasteiger partial charge is 0.497 e. The van der Waals surface area contributed by atoms with E-state index in [9.17, 15) is 4.79 Å².